The SMILES string of the molecule is Cc1cnc(C)c(-c2ccc3c(c2)CC(CNC(=O)Cc2cccc(C(F)(F)F)c2)O3)n1. The van der Waals surface area contributed by atoms with Crippen molar-refractivity contribution in [3.05, 3.63) is 76.7 Å². The molecule has 1 atom stereocenters. The van der Waals surface area contributed by atoms with Crippen LogP contribution in [-0.2, 0) is 23.8 Å². The lowest BCUT2D eigenvalue weighted by Crippen LogP contribution is -2.35. The number of carbonyl (C=O) groups excluding carboxylic acids is 1. The quantitative estimate of drug-likeness (QED) is 0.636. The zero-order chi connectivity index (χ0) is 22.9. The number of halogens is 3. The molecule has 32 heavy (non-hydrogen) atoms. The van der Waals surface area contributed by atoms with Gasteiger partial charge in [-0.25, -0.2) is 4.98 Å². The minimum Gasteiger partial charge on any atom is -0.488 e. The van der Waals surface area contributed by atoms with Gasteiger partial charge in [0, 0.05) is 18.2 Å². The van der Waals surface area contributed by atoms with Crippen molar-refractivity contribution < 1.29 is 22.7 Å². The van der Waals surface area contributed by atoms with Gasteiger partial charge in [0.15, 0.2) is 0 Å². The van der Waals surface area contributed by atoms with E-state index in [0.717, 1.165) is 46.1 Å². The van der Waals surface area contributed by atoms with Crippen LogP contribution in [0.2, 0.25) is 0 Å². The van der Waals surface area contributed by atoms with E-state index in [1.165, 1.54) is 12.1 Å². The highest BCUT2D eigenvalue weighted by Crippen LogP contribution is 2.33. The van der Waals surface area contributed by atoms with Crippen LogP contribution in [0.3, 0.4) is 0 Å². The third kappa shape index (κ3) is 4.90. The van der Waals surface area contributed by atoms with Crippen molar-refractivity contribution in [3.63, 3.8) is 0 Å². The van der Waals surface area contributed by atoms with E-state index < -0.39 is 11.7 Å². The topological polar surface area (TPSA) is 64.1 Å². The Morgan fingerprint density at radius 1 is 1.19 bits per heavy atom. The average Bonchev–Trinajstić information content (AvgIpc) is 3.16. The molecule has 0 aliphatic carbocycles. The number of hydrogen-bond donors (Lipinski definition) is 1. The molecule has 3 aromatic rings. The minimum atomic E-state index is -4.43. The molecule has 166 valence electrons. The summed E-state index contributed by atoms with van der Waals surface area (Å²) in [6.07, 6.45) is -2.45. The molecule has 2 heterocycles. The summed E-state index contributed by atoms with van der Waals surface area (Å²) in [6, 6.07) is 10.6. The maximum absolute atomic E-state index is 12.8. The first-order valence-corrected chi connectivity index (χ1v) is 10.2. The minimum absolute atomic E-state index is 0.126. The zero-order valence-corrected chi connectivity index (χ0v) is 17.7. The zero-order valence-electron chi connectivity index (χ0n) is 17.7. The molecule has 1 amide bonds. The number of nitrogens with zero attached hydrogens (tertiary/aromatic N) is 2. The Bertz CT molecular complexity index is 1160. The van der Waals surface area contributed by atoms with Crippen molar-refractivity contribution in [2.45, 2.75) is 39.0 Å². The Morgan fingerprint density at radius 2 is 2.00 bits per heavy atom. The van der Waals surface area contributed by atoms with Crippen molar-refractivity contribution in [1.29, 1.82) is 0 Å². The summed E-state index contributed by atoms with van der Waals surface area (Å²) < 4.78 is 44.4. The summed E-state index contributed by atoms with van der Waals surface area (Å²) in [5, 5.41) is 2.76. The molecule has 0 saturated heterocycles. The van der Waals surface area contributed by atoms with Crippen LogP contribution in [-0.4, -0.2) is 28.5 Å². The standard InChI is InChI=1S/C24H22F3N3O2/c1-14-12-28-15(2)23(30-14)17-6-7-21-18(10-17)11-20(32-21)13-29-22(31)9-16-4-3-5-19(8-16)24(25,26)27/h3-8,10,12,20H,9,11,13H2,1-2H3,(H,29,31). The normalized spacial score (nSPS) is 15.2. The molecule has 8 heteroatoms. The van der Waals surface area contributed by atoms with Crippen LogP contribution in [0.1, 0.15) is 28.1 Å². The van der Waals surface area contributed by atoms with Crippen molar-refractivity contribution in [2.75, 3.05) is 6.54 Å². The highest BCUT2D eigenvalue weighted by Gasteiger charge is 2.30. The Morgan fingerprint density at radius 3 is 2.78 bits per heavy atom. The molecule has 4 rings (SSSR count). The number of ether oxygens (including phenoxy) is 1. The number of benzene rings is 2. The van der Waals surface area contributed by atoms with Gasteiger partial charge in [-0.05, 0) is 49.2 Å². The lowest BCUT2D eigenvalue weighted by molar-refractivity contribution is -0.137. The molecule has 0 saturated carbocycles. The third-order valence-corrected chi connectivity index (χ3v) is 5.30. The fourth-order valence-corrected chi connectivity index (χ4v) is 3.73. The third-order valence-electron chi connectivity index (χ3n) is 5.30. The van der Waals surface area contributed by atoms with Gasteiger partial charge >= 0.3 is 6.18 Å². The van der Waals surface area contributed by atoms with Gasteiger partial charge in [0.05, 0.1) is 35.6 Å². The number of nitrogens with one attached hydrogen (secondary N) is 1. The van der Waals surface area contributed by atoms with Crippen LogP contribution >= 0.6 is 0 Å². The van der Waals surface area contributed by atoms with Gasteiger partial charge in [-0.2, -0.15) is 13.2 Å². The molecule has 1 aromatic heterocycles. The Labute approximate surface area is 183 Å². The maximum atomic E-state index is 12.8. The molecule has 0 bridgehead atoms. The van der Waals surface area contributed by atoms with Crippen molar-refractivity contribution in [2.24, 2.45) is 0 Å². The second-order valence-corrected chi connectivity index (χ2v) is 7.89. The van der Waals surface area contributed by atoms with E-state index >= 15 is 0 Å². The van der Waals surface area contributed by atoms with Gasteiger partial charge in [-0.15, -0.1) is 0 Å². The summed E-state index contributed by atoms with van der Waals surface area (Å²) in [5.74, 6) is 0.402. The molecule has 1 aliphatic heterocycles. The number of aromatic nitrogens is 2. The molecular formula is C24H22F3N3O2. The number of alkyl halides is 3. The highest BCUT2D eigenvalue weighted by molar-refractivity contribution is 5.78. The largest absolute Gasteiger partial charge is 0.488 e. The smallest absolute Gasteiger partial charge is 0.416 e. The van der Waals surface area contributed by atoms with E-state index in [2.05, 4.69) is 15.3 Å². The van der Waals surface area contributed by atoms with Crippen molar-refractivity contribution >= 4 is 5.91 Å². The van der Waals surface area contributed by atoms with Crippen LogP contribution in [0.15, 0.2) is 48.7 Å². The van der Waals surface area contributed by atoms with Crippen LogP contribution in [0.4, 0.5) is 13.2 Å². The molecule has 0 fully saturated rings. The van der Waals surface area contributed by atoms with E-state index in [-0.39, 0.29) is 25.0 Å². The van der Waals surface area contributed by atoms with Crippen LogP contribution < -0.4 is 10.1 Å². The molecule has 1 unspecified atom stereocenters. The van der Waals surface area contributed by atoms with Gasteiger partial charge in [-0.1, -0.05) is 18.2 Å². The lowest BCUT2D eigenvalue weighted by Gasteiger charge is -2.12. The Hall–Kier alpha value is -3.42. The number of amides is 1. The molecule has 2 aromatic carbocycles. The summed E-state index contributed by atoms with van der Waals surface area (Å²) in [7, 11) is 0. The second kappa shape index (κ2) is 8.61. The van der Waals surface area contributed by atoms with Crippen molar-refractivity contribution in [1.82, 2.24) is 15.3 Å². The van der Waals surface area contributed by atoms with E-state index in [9.17, 15) is 18.0 Å². The molecule has 0 spiro atoms. The predicted octanol–water partition coefficient (Wildman–Crippen LogP) is 4.44. The average molecular weight is 441 g/mol. The first-order valence-electron chi connectivity index (χ1n) is 10.2. The monoisotopic (exact) mass is 441 g/mol. The second-order valence-electron chi connectivity index (χ2n) is 7.89. The number of aryl methyl sites for hydroxylation is 2. The van der Waals surface area contributed by atoms with Crippen LogP contribution in [0.5, 0.6) is 5.75 Å². The first kappa shape index (κ1) is 21.8. The van der Waals surface area contributed by atoms with E-state index in [0.29, 0.717) is 12.0 Å². The van der Waals surface area contributed by atoms with E-state index in [4.69, 9.17) is 4.74 Å². The van der Waals surface area contributed by atoms with Crippen LogP contribution in [0, 0.1) is 13.8 Å². The Kier molecular flexibility index (Phi) is 5.86. The predicted molar refractivity (Wildman–Crippen MR) is 113 cm³/mol. The number of rotatable bonds is 5. The highest BCUT2D eigenvalue weighted by atomic mass is 19.4. The summed E-state index contributed by atoms with van der Waals surface area (Å²) in [6.45, 7) is 4.07. The van der Waals surface area contributed by atoms with Crippen molar-refractivity contribution in [3.8, 4) is 17.0 Å². The molecule has 5 nitrogen and oxygen atoms in total. The fraction of sp³-hybridized carbons (Fsp3) is 0.292. The van der Waals surface area contributed by atoms with E-state index in [1.54, 1.807) is 6.20 Å². The maximum Gasteiger partial charge on any atom is 0.416 e. The van der Waals surface area contributed by atoms with Gasteiger partial charge in [0.1, 0.15) is 11.9 Å². The molecule has 1 aliphatic rings. The van der Waals surface area contributed by atoms with Gasteiger partial charge < -0.3 is 10.1 Å². The van der Waals surface area contributed by atoms with Gasteiger partial charge in [0.2, 0.25) is 5.91 Å². The molecule has 1 N–H and O–H groups in total. The Balaban J connectivity index is 1.36. The number of carbonyl (C=O) groups is 1. The lowest BCUT2D eigenvalue weighted by atomic mass is 10.0. The molecular weight excluding hydrogens is 419 g/mol. The summed E-state index contributed by atoms with van der Waals surface area (Å²) in [4.78, 5) is 21.2. The van der Waals surface area contributed by atoms with Gasteiger partial charge in [-0.3, -0.25) is 9.78 Å². The summed E-state index contributed by atoms with van der Waals surface area (Å²) in [5.41, 5.74) is 4.02. The number of fused-ring (bicyclic) bond motifs is 1. The fourth-order valence-electron chi connectivity index (χ4n) is 3.73. The molecule has 0 radical (unpaired) electrons. The van der Waals surface area contributed by atoms with E-state index in [1.807, 2.05) is 32.0 Å². The van der Waals surface area contributed by atoms with Gasteiger partial charge in [0.25, 0.3) is 0 Å². The van der Waals surface area contributed by atoms with Crippen LogP contribution in [0.25, 0.3) is 11.3 Å². The summed E-state index contributed by atoms with van der Waals surface area (Å²) >= 11 is 0. The first-order chi connectivity index (χ1) is 15.2. The number of hydrogen-bond acceptors (Lipinski definition) is 4.